The van der Waals surface area contributed by atoms with Crippen LogP contribution in [-0.2, 0) is 6.18 Å². The number of aromatic nitrogens is 1. The Bertz CT molecular complexity index is 674. The van der Waals surface area contributed by atoms with E-state index >= 15 is 0 Å². The summed E-state index contributed by atoms with van der Waals surface area (Å²) in [6.45, 7) is 0. The van der Waals surface area contributed by atoms with E-state index in [4.69, 9.17) is 11.1 Å². The number of nitriles is 1. The highest BCUT2D eigenvalue weighted by atomic mass is 19.4. The normalized spacial score (nSPS) is 10.9. The van der Waals surface area contributed by atoms with Crippen LogP contribution in [0.25, 0.3) is 11.3 Å². The van der Waals surface area contributed by atoms with Gasteiger partial charge in [-0.2, -0.15) is 18.4 Å². The van der Waals surface area contributed by atoms with E-state index in [1.54, 1.807) is 0 Å². The molecular weight excluding hydrogens is 269 g/mol. The molecule has 102 valence electrons. The summed E-state index contributed by atoms with van der Waals surface area (Å²) in [7, 11) is 0. The molecule has 0 aliphatic carbocycles. The Hall–Kier alpha value is -2.59. The Kier molecular flexibility index (Phi) is 3.59. The van der Waals surface area contributed by atoms with E-state index in [0.717, 1.165) is 12.1 Å². The van der Waals surface area contributed by atoms with Crippen LogP contribution in [0.3, 0.4) is 0 Å². The van der Waals surface area contributed by atoms with Crippen molar-refractivity contribution in [2.45, 2.75) is 6.18 Å². The Labute approximate surface area is 112 Å². The van der Waals surface area contributed by atoms with Gasteiger partial charge in [-0.05, 0) is 24.3 Å². The van der Waals surface area contributed by atoms with E-state index in [2.05, 4.69) is 10.4 Å². The Morgan fingerprint density at radius 2 is 1.95 bits per heavy atom. The van der Waals surface area contributed by atoms with Gasteiger partial charge in [-0.1, -0.05) is 12.1 Å². The van der Waals surface area contributed by atoms with Crippen LogP contribution in [0.4, 0.5) is 19.0 Å². The van der Waals surface area contributed by atoms with E-state index in [9.17, 15) is 13.2 Å². The topological polar surface area (TPSA) is 74.7 Å². The number of pyridine rings is 1. The number of hydrazine groups is 1. The molecule has 0 fully saturated rings. The second kappa shape index (κ2) is 5.19. The third-order valence-corrected chi connectivity index (χ3v) is 2.64. The van der Waals surface area contributed by atoms with E-state index in [1.165, 1.54) is 24.3 Å². The number of nitrogens with two attached hydrogens (primary N) is 1. The predicted octanol–water partition coefficient (Wildman–Crippen LogP) is 2.92. The van der Waals surface area contributed by atoms with Gasteiger partial charge in [0.2, 0.25) is 0 Å². The maximum absolute atomic E-state index is 12.7. The largest absolute Gasteiger partial charge is 0.416 e. The molecule has 1 aromatic carbocycles. The number of nitrogens with zero attached hydrogens (tertiary/aromatic N) is 2. The van der Waals surface area contributed by atoms with Crippen LogP contribution < -0.4 is 11.3 Å². The van der Waals surface area contributed by atoms with Gasteiger partial charge in [-0.25, -0.2) is 10.8 Å². The number of hydrogen-bond acceptors (Lipinski definition) is 4. The van der Waals surface area contributed by atoms with Crippen LogP contribution in [-0.4, -0.2) is 4.98 Å². The minimum atomic E-state index is -4.42. The Morgan fingerprint density at radius 3 is 2.55 bits per heavy atom. The van der Waals surface area contributed by atoms with Crippen LogP contribution in [0.5, 0.6) is 0 Å². The number of halogens is 3. The lowest BCUT2D eigenvalue weighted by Crippen LogP contribution is -2.10. The third kappa shape index (κ3) is 2.70. The zero-order valence-electron chi connectivity index (χ0n) is 10.1. The van der Waals surface area contributed by atoms with Crippen LogP contribution in [0.2, 0.25) is 0 Å². The van der Waals surface area contributed by atoms with Crippen molar-refractivity contribution in [1.29, 1.82) is 5.26 Å². The van der Waals surface area contributed by atoms with Gasteiger partial charge in [0.05, 0.1) is 16.8 Å². The molecule has 1 heterocycles. The van der Waals surface area contributed by atoms with Crippen molar-refractivity contribution in [3.8, 4) is 17.3 Å². The SMILES string of the molecule is N#Cc1ccc(-c2cccc(C(F)(F)F)c2)nc1NN. The van der Waals surface area contributed by atoms with Crippen molar-refractivity contribution < 1.29 is 13.2 Å². The fourth-order valence-electron chi connectivity index (χ4n) is 1.68. The lowest BCUT2D eigenvalue weighted by molar-refractivity contribution is -0.137. The second-order valence-corrected chi connectivity index (χ2v) is 3.93. The highest BCUT2D eigenvalue weighted by Crippen LogP contribution is 2.32. The van der Waals surface area contributed by atoms with Crippen molar-refractivity contribution in [2.75, 3.05) is 5.43 Å². The van der Waals surface area contributed by atoms with Gasteiger partial charge in [0.1, 0.15) is 6.07 Å². The predicted molar refractivity (Wildman–Crippen MR) is 67.2 cm³/mol. The fraction of sp³-hybridized carbons (Fsp3) is 0.0769. The molecule has 2 aromatic rings. The molecule has 0 saturated heterocycles. The van der Waals surface area contributed by atoms with Crippen LogP contribution in [0.15, 0.2) is 36.4 Å². The highest BCUT2D eigenvalue weighted by Gasteiger charge is 2.30. The fourth-order valence-corrected chi connectivity index (χ4v) is 1.68. The number of anilines is 1. The average Bonchev–Trinajstić information content (AvgIpc) is 2.45. The molecule has 4 nitrogen and oxygen atoms in total. The van der Waals surface area contributed by atoms with Gasteiger partial charge in [0, 0.05) is 5.56 Å². The molecule has 0 amide bonds. The maximum Gasteiger partial charge on any atom is 0.416 e. The van der Waals surface area contributed by atoms with Gasteiger partial charge < -0.3 is 5.43 Å². The summed E-state index contributed by atoms with van der Waals surface area (Å²) in [6, 6.07) is 9.56. The summed E-state index contributed by atoms with van der Waals surface area (Å²) >= 11 is 0. The lowest BCUT2D eigenvalue weighted by atomic mass is 10.1. The number of rotatable bonds is 2. The molecule has 0 atom stereocenters. The minimum absolute atomic E-state index is 0.113. The summed E-state index contributed by atoms with van der Waals surface area (Å²) < 4.78 is 38.0. The number of nitrogen functional groups attached to an aromatic ring is 1. The molecule has 0 spiro atoms. The van der Waals surface area contributed by atoms with Crippen LogP contribution in [0, 0.1) is 11.3 Å². The maximum atomic E-state index is 12.7. The molecule has 0 saturated carbocycles. The second-order valence-electron chi connectivity index (χ2n) is 3.93. The minimum Gasteiger partial charge on any atom is -0.307 e. The first-order valence-electron chi connectivity index (χ1n) is 5.51. The van der Waals surface area contributed by atoms with Crippen molar-refractivity contribution in [3.05, 3.63) is 47.5 Å². The van der Waals surface area contributed by atoms with Gasteiger partial charge >= 0.3 is 6.18 Å². The smallest absolute Gasteiger partial charge is 0.307 e. The molecule has 3 N–H and O–H groups in total. The highest BCUT2D eigenvalue weighted by molar-refractivity contribution is 5.65. The molecule has 0 unspecified atom stereocenters. The van der Waals surface area contributed by atoms with E-state index in [1.807, 2.05) is 6.07 Å². The summed E-state index contributed by atoms with van der Waals surface area (Å²) in [5.74, 6) is 5.34. The number of benzene rings is 1. The first kappa shape index (κ1) is 13.8. The van der Waals surface area contributed by atoms with Gasteiger partial charge in [-0.15, -0.1) is 0 Å². The number of hydrogen-bond donors (Lipinski definition) is 2. The number of nitrogens with one attached hydrogen (secondary N) is 1. The first-order chi connectivity index (χ1) is 9.45. The zero-order chi connectivity index (χ0) is 14.8. The van der Waals surface area contributed by atoms with Gasteiger partial charge in [0.25, 0.3) is 0 Å². The molecule has 0 radical (unpaired) electrons. The monoisotopic (exact) mass is 278 g/mol. The van der Waals surface area contributed by atoms with Crippen LogP contribution >= 0.6 is 0 Å². The van der Waals surface area contributed by atoms with Crippen LogP contribution in [0.1, 0.15) is 11.1 Å². The third-order valence-electron chi connectivity index (χ3n) is 2.64. The lowest BCUT2D eigenvalue weighted by Gasteiger charge is -2.09. The molecule has 20 heavy (non-hydrogen) atoms. The average molecular weight is 278 g/mol. The summed E-state index contributed by atoms with van der Waals surface area (Å²) in [4.78, 5) is 4.03. The van der Waals surface area contributed by atoms with Crippen molar-refractivity contribution in [3.63, 3.8) is 0 Å². The standard InChI is InChI=1S/C13H9F3N4/c14-13(15,16)10-3-1-2-8(6-10)11-5-4-9(7-17)12(19-11)20-18/h1-6H,18H2,(H,19,20). The summed E-state index contributed by atoms with van der Waals surface area (Å²) in [5, 5.41) is 8.83. The summed E-state index contributed by atoms with van der Waals surface area (Å²) in [5.41, 5.74) is 2.28. The zero-order valence-corrected chi connectivity index (χ0v) is 10.1. The molecule has 7 heteroatoms. The van der Waals surface area contributed by atoms with Gasteiger partial charge in [-0.3, -0.25) is 0 Å². The quantitative estimate of drug-likeness (QED) is 0.654. The van der Waals surface area contributed by atoms with Crippen molar-refractivity contribution in [1.82, 2.24) is 4.98 Å². The molecule has 0 bridgehead atoms. The van der Waals surface area contributed by atoms with Crippen molar-refractivity contribution in [2.24, 2.45) is 5.84 Å². The van der Waals surface area contributed by atoms with E-state index in [-0.39, 0.29) is 11.4 Å². The summed E-state index contributed by atoms with van der Waals surface area (Å²) in [6.07, 6.45) is -4.42. The molecule has 2 rings (SSSR count). The Morgan fingerprint density at radius 1 is 1.20 bits per heavy atom. The molecule has 0 aliphatic rings. The van der Waals surface area contributed by atoms with Crippen molar-refractivity contribution >= 4 is 5.82 Å². The molecule has 1 aromatic heterocycles. The molecule has 0 aliphatic heterocycles. The molecular formula is C13H9F3N4. The van der Waals surface area contributed by atoms with E-state index < -0.39 is 11.7 Å². The Balaban J connectivity index is 2.50. The first-order valence-corrected chi connectivity index (χ1v) is 5.51. The van der Waals surface area contributed by atoms with E-state index in [0.29, 0.717) is 11.3 Å². The number of alkyl halides is 3. The van der Waals surface area contributed by atoms with Gasteiger partial charge in [0.15, 0.2) is 5.82 Å².